The predicted molar refractivity (Wildman–Crippen MR) is 79.1 cm³/mol. The zero-order valence-corrected chi connectivity index (χ0v) is 13.4. The maximum Gasteiger partial charge on any atom is 0.210 e. The Bertz CT molecular complexity index is 708. The van der Waals surface area contributed by atoms with Crippen LogP contribution in [0.15, 0.2) is 56.7 Å². The number of hydrogen-bond acceptors (Lipinski definition) is 4. The van der Waals surface area contributed by atoms with Gasteiger partial charge in [-0.2, -0.15) is 0 Å². The van der Waals surface area contributed by atoms with Gasteiger partial charge in [0.05, 0.1) is 19.1 Å². The molecule has 0 atom stereocenters. The van der Waals surface area contributed by atoms with Crippen molar-refractivity contribution in [1.29, 1.82) is 0 Å². The number of sulfone groups is 1. The summed E-state index contributed by atoms with van der Waals surface area (Å²) in [6, 6.07) is 11.1. The van der Waals surface area contributed by atoms with Gasteiger partial charge in [-0.15, -0.1) is 0 Å². The van der Waals surface area contributed by atoms with Gasteiger partial charge in [-0.25, -0.2) is 8.42 Å². The van der Waals surface area contributed by atoms with E-state index >= 15 is 0 Å². The standard InChI is InChI=1S/C14H13BrO4S/c1-18-11-4-6-12(7-5-11)20(16,17)14-9-10(15)3-8-13(14)19-2/h3-9H,1-2H3. The van der Waals surface area contributed by atoms with E-state index in [-0.39, 0.29) is 9.79 Å². The molecule has 2 rings (SSSR count). The molecule has 0 unspecified atom stereocenters. The maximum absolute atomic E-state index is 12.6. The van der Waals surface area contributed by atoms with Gasteiger partial charge in [0.15, 0.2) is 0 Å². The number of hydrogen-bond donors (Lipinski definition) is 0. The van der Waals surface area contributed by atoms with Gasteiger partial charge in [-0.1, -0.05) is 15.9 Å². The summed E-state index contributed by atoms with van der Waals surface area (Å²) < 4.78 is 36.1. The minimum absolute atomic E-state index is 0.125. The largest absolute Gasteiger partial charge is 0.497 e. The Balaban J connectivity index is 2.56. The van der Waals surface area contributed by atoms with Crippen molar-refractivity contribution >= 4 is 25.8 Å². The van der Waals surface area contributed by atoms with Gasteiger partial charge in [0, 0.05) is 4.47 Å². The van der Waals surface area contributed by atoms with E-state index in [9.17, 15) is 8.42 Å². The van der Waals surface area contributed by atoms with E-state index in [0.717, 1.165) is 0 Å². The highest BCUT2D eigenvalue weighted by Gasteiger charge is 2.22. The molecular weight excluding hydrogens is 344 g/mol. The molecule has 2 aromatic carbocycles. The lowest BCUT2D eigenvalue weighted by Crippen LogP contribution is -2.04. The van der Waals surface area contributed by atoms with Crippen LogP contribution in [0.5, 0.6) is 11.5 Å². The van der Waals surface area contributed by atoms with Crippen LogP contribution in [0.1, 0.15) is 0 Å². The third-order valence-corrected chi connectivity index (χ3v) is 5.07. The quantitative estimate of drug-likeness (QED) is 0.843. The molecule has 2 aromatic rings. The van der Waals surface area contributed by atoms with Crippen LogP contribution in [-0.4, -0.2) is 22.6 Å². The van der Waals surface area contributed by atoms with Crippen molar-refractivity contribution < 1.29 is 17.9 Å². The van der Waals surface area contributed by atoms with Crippen molar-refractivity contribution in [2.24, 2.45) is 0 Å². The van der Waals surface area contributed by atoms with E-state index < -0.39 is 9.84 Å². The summed E-state index contributed by atoms with van der Waals surface area (Å²) in [6.07, 6.45) is 0. The molecule has 0 amide bonds. The predicted octanol–water partition coefficient (Wildman–Crippen LogP) is 3.30. The summed E-state index contributed by atoms with van der Waals surface area (Å²) in [5, 5.41) is 0. The van der Waals surface area contributed by atoms with E-state index in [1.165, 1.54) is 32.4 Å². The second-order valence-corrected chi connectivity index (χ2v) is 6.81. The van der Waals surface area contributed by atoms with Gasteiger partial charge < -0.3 is 9.47 Å². The Morgan fingerprint density at radius 1 is 0.950 bits per heavy atom. The first-order valence-corrected chi connectivity index (χ1v) is 7.99. The molecule has 0 saturated carbocycles. The zero-order valence-electron chi connectivity index (χ0n) is 11.0. The van der Waals surface area contributed by atoms with Crippen LogP contribution in [-0.2, 0) is 9.84 Å². The molecule has 106 valence electrons. The highest BCUT2D eigenvalue weighted by atomic mass is 79.9. The van der Waals surface area contributed by atoms with E-state index in [1.54, 1.807) is 24.3 Å². The fourth-order valence-electron chi connectivity index (χ4n) is 1.74. The Hall–Kier alpha value is -1.53. The third-order valence-electron chi connectivity index (χ3n) is 2.78. The maximum atomic E-state index is 12.6. The van der Waals surface area contributed by atoms with E-state index in [1.807, 2.05) is 0 Å². The summed E-state index contributed by atoms with van der Waals surface area (Å²) in [4.78, 5) is 0.314. The normalized spacial score (nSPS) is 11.2. The molecule has 0 heterocycles. The fraction of sp³-hybridized carbons (Fsp3) is 0.143. The SMILES string of the molecule is COc1ccc(S(=O)(=O)c2cc(Br)ccc2OC)cc1. The summed E-state index contributed by atoms with van der Waals surface area (Å²) in [5.74, 6) is 0.911. The van der Waals surface area contributed by atoms with Gasteiger partial charge in [-0.05, 0) is 42.5 Å². The molecule has 0 spiro atoms. The monoisotopic (exact) mass is 356 g/mol. The van der Waals surface area contributed by atoms with Crippen LogP contribution in [0, 0.1) is 0 Å². The second-order valence-electron chi connectivity index (χ2n) is 3.97. The zero-order chi connectivity index (χ0) is 14.8. The summed E-state index contributed by atoms with van der Waals surface area (Å²) >= 11 is 3.27. The molecule has 0 aromatic heterocycles. The molecule has 0 N–H and O–H groups in total. The lowest BCUT2D eigenvalue weighted by molar-refractivity contribution is 0.402. The summed E-state index contributed by atoms with van der Waals surface area (Å²) in [6.45, 7) is 0. The molecule has 0 fully saturated rings. The second kappa shape index (κ2) is 5.85. The first-order valence-electron chi connectivity index (χ1n) is 5.71. The lowest BCUT2D eigenvalue weighted by atomic mass is 10.3. The van der Waals surface area contributed by atoms with Crippen LogP contribution in [0.2, 0.25) is 0 Å². The Kier molecular flexibility index (Phi) is 4.35. The summed E-state index contributed by atoms with van der Waals surface area (Å²) in [7, 11) is -0.670. The average molecular weight is 357 g/mol. The van der Waals surface area contributed by atoms with Crippen molar-refractivity contribution in [2.75, 3.05) is 14.2 Å². The molecule has 0 radical (unpaired) electrons. The Morgan fingerprint density at radius 2 is 1.60 bits per heavy atom. The number of rotatable bonds is 4. The molecule has 0 aliphatic carbocycles. The van der Waals surface area contributed by atoms with Crippen molar-refractivity contribution in [3.8, 4) is 11.5 Å². The smallest absolute Gasteiger partial charge is 0.210 e. The van der Waals surface area contributed by atoms with Crippen LogP contribution in [0.3, 0.4) is 0 Å². The van der Waals surface area contributed by atoms with Gasteiger partial charge in [0.1, 0.15) is 16.4 Å². The highest BCUT2D eigenvalue weighted by Crippen LogP contribution is 2.32. The fourth-order valence-corrected chi connectivity index (χ4v) is 3.70. The highest BCUT2D eigenvalue weighted by molar-refractivity contribution is 9.10. The van der Waals surface area contributed by atoms with Gasteiger partial charge in [0.2, 0.25) is 9.84 Å². The third kappa shape index (κ3) is 2.81. The van der Waals surface area contributed by atoms with Crippen molar-refractivity contribution in [3.63, 3.8) is 0 Å². The average Bonchev–Trinajstić information content (AvgIpc) is 2.47. The number of halogens is 1. The first-order chi connectivity index (χ1) is 9.48. The Morgan fingerprint density at radius 3 is 2.15 bits per heavy atom. The van der Waals surface area contributed by atoms with Crippen LogP contribution >= 0.6 is 15.9 Å². The Labute approximate surface area is 126 Å². The minimum Gasteiger partial charge on any atom is -0.497 e. The molecule has 0 saturated heterocycles. The molecule has 0 aliphatic rings. The number of methoxy groups -OCH3 is 2. The molecule has 6 heteroatoms. The van der Waals surface area contributed by atoms with Gasteiger partial charge >= 0.3 is 0 Å². The molecule has 4 nitrogen and oxygen atoms in total. The molecule has 0 aliphatic heterocycles. The summed E-state index contributed by atoms with van der Waals surface area (Å²) in [5.41, 5.74) is 0. The van der Waals surface area contributed by atoms with Crippen molar-refractivity contribution in [3.05, 3.63) is 46.9 Å². The number of ether oxygens (including phenoxy) is 2. The van der Waals surface area contributed by atoms with Crippen molar-refractivity contribution in [2.45, 2.75) is 9.79 Å². The first kappa shape index (κ1) is 14.9. The topological polar surface area (TPSA) is 52.6 Å². The molecular formula is C14H13BrO4S. The minimum atomic E-state index is -3.64. The van der Waals surface area contributed by atoms with E-state index in [0.29, 0.717) is 16.0 Å². The van der Waals surface area contributed by atoms with Gasteiger partial charge in [0.25, 0.3) is 0 Å². The van der Waals surface area contributed by atoms with Crippen LogP contribution in [0.4, 0.5) is 0 Å². The van der Waals surface area contributed by atoms with E-state index in [4.69, 9.17) is 9.47 Å². The lowest BCUT2D eigenvalue weighted by Gasteiger charge is -2.10. The molecule has 0 bridgehead atoms. The van der Waals surface area contributed by atoms with Crippen LogP contribution < -0.4 is 9.47 Å². The van der Waals surface area contributed by atoms with Crippen molar-refractivity contribution in [1.82, 2.24) is 0 Å². The molecule has 20 heavy (non-hydrogen) atoms. The van der Waals surface area contributed by atoms with Crippen LogP contribution in [0.25, 0.3) is 0 Å². The van der Waals surface area contributed by atoms with E-state index in [2.05, 4.69) is 15.9 Å². The van der Waals surface area contributed by atoms with Gasteiger partial charge in [-0.3, -0.25) is 0 Å². The number of benzene rings is 2.